The summed E-state index contributed by atoms with van der Waals surface area (Å²) in [7, 11) is 0. The van der Waals surface area contributed by atoms with Crippen LogP contribution >= 0.6 is 11.6 Å². The highest BCUT2D eigenvalue weighted by Gasteiger charge is 2.19. The van der Waals surface area contributed by atoms with Gasteiger partial charge in [-0.25, -0.2) is 0 Å². The number of aryl methyl sites for hydroxylation is 2. The SMILES string of the molecule is O=CCCc1cc2c(c(Cl)c1O)CCC2. The Morgan fingerprint density at radius 2 is 2.27 bits per heavy atom. The summed E-state index contributed by atoms with van der Waals surface area (Å²) < 4.78 is 0. The summed E-state index contributed by atoms with van der Waals surface area (Å²) in [5, 5.41) is 10.3. The van der Waals surface area contributed by atoms with Crippen molar-refractivity contribution in [2.45, 2.75) is 32.1 Å². The van der Waals surface area contributed by atoms with E-state index in [1.165, 1.54) is 5.56 Å². The van der Waals surface area contributed by atoms with Gasteiger partial charge in [0.05, 0.1) is 5.02 Å². The van der Waals surface area contributed by atoms with Crippen molar-refractivity contribution in [2.75, 3.05) is 0 Å². The first-order valence-electron chi connectivity index (χ1n) is 5.19. The molecule has 3 heteroatoms. The van der Waals surface area contributed by atoms with Gasteiger partial charge in [0.1, 0.15) is 12.0 Å². The Morgan fingerprint density at radius 3 is 3.00 bits per heavy atom. The summed E-state index contributed by atoms with van der Waals surface area (Å²) in [6.45, 7) is 0. The Balaban J connectivity index is 2.39. The molecule has 15 heavy (non-hydrogen) atoms. The second-order valence-corrected chi connectivity index (χ2v) is 4.27. The molecule has 0 aromatic heterocycles. The fourth-order valence-corrected chi connectivity index (χ4v) is 2.48. The molecule has 0 unspecified atom stereocenters. The van der Waals surface area contributed by atoms with Crippen molar-refractivity contribution in [1.29, 1.82) is 0 Å². The fraction of sp³-hybridized carbons (Fsp3) is 0.417. The van der Waals surface area contributed by atoms with Gasteiger partial charge in [-0.05, 0) is 42.4 Å². The first-order valence-corrected chi connectivity index (χ1v) is 5.57. The quantitative estimate of drug-likeness (QED) is 0.802. The molecule has 1 aromatic carbocycles. The van der Waals surface area contributed by atoms with Crippen LogP contribution in [0.15, 0.2) is 6.07 Å². The number of hydrogen-bond donors (Lipinski definition) is 1. The van der Waals surface area contributed by atoms with Crippen LogP contribution in [0.25, 0.3) is 0 Å². The van der Waals surface area contributed by atoms with Gasteiger partial charge in [0.2, 0.25) is 0 Å². The van der Waals surface area contributed by atoms with E-state index < -0.39 is 0 Å². The lowest BCUT2D eigenvalue weighted by Crippen LogP contribution is -1.93. The summed E-state index contributed by atoms with van der Waals surface area (Å²) >= 11 is 6.08. The van der Waals surface area contributed by atoms with Gasteiger partial charge in [0.15, 0.2) is 0 Å². The molecule has 1 aliphatic rings. The molecule has 0 bridgehead atoms. The van der Waals surface area contributed by atoms with Crippen molar-refractivity contribution >= 4 is 17.9 Å². The molecule has 80 valence electrons. The Kier molecular flexibility index (Phi) is 2.96. The number of phenols is 1. The molecule has 1 aromatic rings. The normalized spacial score (nSPS) is 13.9. The summed E-state index contributed by atoms with van der Waals surface area (Å²) in [6, 6.07) is 1.99. The van der Waals surface area contributed by atoms with Crippen molar-refractivity contribution in [3.8, 4) is 5.75 Å². The molecule has 0 amide bonds. The summed E-state index contributed by atoms with van der Waals surface area (Å²) in [5.41, 5.74) is 3.12. The van der Waals surface area contributed by atoms with Gasteiger partial charge in [-0.15, -0.1) is 0 Å². The second kappa shape index (κ2) is 4.23. The zero-order valence-corrected chi connectivity index (χ0v) is 9.18. The molecular formula is C12H13ClO2. The molecule has 0 heterocycles. The smallest absolute Gasteiger partial charge is 0.137 e. The summed E-state index contributed by atoms with van der Waals surface area (Å²) in [4.78, 5) is 10.3. The van der Waals surface area contributed by atoms with E-state index in [0.717, 1.165) is 36.7 Å². The number of aldehydes is 1. The number of phenolic OH excluding ortho intramolecular Hbond substituents is 1. The average Bonchev–Trinajstić information content (AvgIpc) is 2.69. The van der Waals surface area contributed by atoms with E-state index in [4.69, 9.17) is 11.6 Å². The van der Waals surface area contributed by atoms with E-state index in [0.29, 0.717) is 17.9 Å². The zero-order valence-electron chi connectivity index (χ0n) is 8.42. The van der Waals surface area contributed by atoms with Crippen LogP contribution in [0.5, 0.6) is 5.75 Å². The molecule has 0 spiro atoms. The third-order valence-corrected chi connectivity index (χ3v) is 3.32. The van der Waals surface area contributed by atoms with E-state index in [1.807, 2.05) is 6.07 Å². The highest BCUT2D eigenvalue weighted by molar-refractivity contribution is 6.33. The van der Waals surface area contributed by atoms with Crippen LogP contribution in [0.3, 0.4) is 0 Å². The lowest BCUT2D eigenvalue weighted by atomic mass is 10.0. The molecule has 0 fully saturated rings. The number of carbonyl (C=O) groups excluding carboxylic acids is 1. The Bertz CT molecular complexity index is 399. The highest BCUT2D eigenvalue weighted by Crippen LogP contribution is 2.38. The Hall–Kier alpha value is -1.02. The largest absolute Gasteiger partial charge is 0.506 e. The minimum Gasteiger partial charge on any atom is -0.506 e. The predicted octanol–water partition coefficient (Wildman–Crippen LogP) is 2.67. The van der Waals surface area contributed by atoms with E-state index in [1.54, 1.807) is 0 Å². The molecular weight excluding hydrogens is 212 g/mol. The average molecular weight is 225 g/mol. The molecule has 1 N–H and O–H groups in total. The van der Waals surface area contributed by atoms with Crippen molar-refractivity contribution in [3.63, 3.8) is 0 Å². The van der Waals surface area contributed by atoms with Crippen molar-refractivity contribution in [2.24, 2.45) is 0 Å². The number of benzene rings is 1. The van der Waals surface area contributed by atoms with Gasteiger partial charge >= 0.3 is 0 Å². The molecule has 0 aliphatic heterocycles. The second-order valence-electron chi connectivity index (χ2n) is 3.89. The van der Waals surface area contributed by atoms with Crippen LogP contribution in [0, 0.1) is 0 Å². The van der Waals surface area contributed by atoms with Crippen LogP contribution in [0.1, 0.15) is 29.5 Å². The van der Waals surface area contributed by atoms with Crippen LogP contribution < -0.4 is 0 Å². The minimum atomic E-state index is 0.166. The van der Waals surface area contributed by atoms with Crippen molar-refractivity contribution in [1.82, 2.24) is 0 Å². The molecule has 0 saturated carbocycles. The highest BCUT2D eigenvalue weighted by atomic mass is 35.5. The van der Waals surface area contributed by atoms with E-state index in [-0.39, 0.29) is 5.75 Å². The first-order chi connectivity index (χ1) is 7.24. The molecule has 2 rings (SSSR count). The maximum absolute atomic E-state index is 10.3. The number of aromatic hydroxyl groups is 1. The fourth-order valence-electron chi connectivity index (χ4n) is 2.14. The molecule has 0 saturated heterocycles. The molecule has 0 atom stereocenters. The number of hydrogen-bond acceptors (Lipinski definition) is 2. The number of carbonyl (C=O) groups is 1. The first kappa shape index (κ1) is 10.5. The van der Waals surface area contributed by atoms with Crippen LogP contribution in [0.2, 0.25) is 5.02 Å². The van der Waals surface area contributed by atoms with Gasteiger partial charge in [-0.1, -0.05) is 17.7 Å². The minimum absolute atomic E-state index is 0.166. The Morgan fingerprint density at radius 1 is 1.47 bits per heavy atom. The zero-order chi connectivity index (χ0) is 10.8. The van der Waals surface area contributed by atoms with Crippen molar-refractivity contribution < 1.29 is 9.90 Å². The maximum atomic E-state index is 10.3. The van der Waals surface area contributed by atoms with Crippen LogP contribution in [-0.2, 0) is 24.1 Å². The van der Waals surface area contributed by atoms with Crippen LogP contribution in [0.4, 0.5) is 0 Å². The number of fused-ring (bicyclic) bond motifs is 1. The van der Waals surface area contributed by atoms with Gasteiger partial charge in [-0.2, -0.15) is 0 Å². The van der Waals surface area contributed by atoms with E-state index in [2.05, 4.69) is 0 Å². The summed E-state index contributed by atoms with van der Waals surface area (Å²) in [6.07, 6.45) is 4.95. The molecule has 1 aliphatic carbocycles. The molecule has 0 radical (unpaired) electrons. The number of rotatable bonds is 3. The van der Waals surface area contributed by atoms with Gasteiger partial charge in [0.25, 0.3) is 0 Å². The summed E-state index contributed by atoms with van der Waals surface area (Å²) in [5.74, 6) is 0.166. The maximum Gasteiger partial charge on any atom is 0.137 e. The van der Waals surface area contributed by atoms with E-state index >= 15 is 0 Å². The van der Waals surface area contributed by atoms with Crippen molar-refractivity contribution in [3.05, 3.63) is 27.8 Å². The Labute approximate surface area is 93.9 Å². The number of halogens is 1. The predicted molar refractivity (Wildman–Crippen MR) is 59.5 cm³/mol. The van der Waals surface area contributed by atoms with Gasteiger partial charge < -0.3 is 9.90 Å². The van der Waals surface area contributed by atoms with E-state index in [9.17, 15) is 9.90 Å². The topological polar surface area (TPSA) is 37.3 Å². The van der Waals surface area contributed by atoms with Gasteiger partial charge in [0, 0.05) is 6.42 Å². The lowest BCUT2D eigenvalue weighted by Gasteiger charge is -2.09. The standard InChI is InChI=1S/C12H13ClO2/c13-11-10-5-1-3-8(10)7-9(12(11)15)4-2-6-14/h6-7,15H,1-5H2. The lowest BCUT2D eigenvalue weighted by molar-refractivity contribution is -0.107. The van der Waals surface area contributed by atoms with Crippen LogP contribution in [-0.4, -0.2) is 11.4 Å². The third-order valence-electron chi connectivity index (χ3n) is 2.92. The van der Waals surface area contributed by atoms with Gasteiger partial charge in [-0.3, -0.25) is 0 Å². The molecule has 2 nitrogen and oxygen atoms in total. The third kappa shape index (κ3) is 1.86. The monoisotopic (exact) mass is 224 g/mol.